The van der Waals surface area contributed by atoms with E-state index >= 15 is 0 Å². The second kappa shape index (κ2) is 8.61. The number of aryl methyl sites for hydroxylation is 2. The number of anilines is 3. The number of hydrogen-bond acceptors (Lipinski definition) is 8. The first-order valence-electron chi connectivity index (χ1n) is 9.64. The number of nitrogens with one attached hydrogen (secondary N) is 1. The Bertz CT molecular complexity index is 1320. The molecule has 2 heterocycles. The fraction of sp³-hybridized carbons (Fsp3) is 0.182. The Labute approximate surface area is 183 Å². The van der Waals surface area contributed by atoms with Gasteiger partial charge >= 0.3 is 5.63 Å². The van der Waals surface area contributed by atoms with Crippen molar-refractivity contribution >= 4 is 40.2 Å². The van der Waals surface area contributed by atoms with Gasteiger partial charge in [-0.15, -0.1) is 0 Å². The van der Waals surface area contributed by atoms with E-state index in [2.05, 4.69) is 20.3 Å². The van der Waals surface area contributed by atoms with Gasteiger partial charge in [-0.1, -0.05) is 24.6 Å². The molecule has 4 rings (SSSR count). The number of nitrogens with zero attached hydrogens (tertiary/aromatic N) is 3. The Morgan fingerprint density at radius 2 is 1.97 bits per heavy atom. The number of aromatic nitrogens is 3. The van der Waals surface area contributed by atoms with E-state index in [0.717, 1.165) is 28.6 Å². The standard InChI is InChI=1S/C22H20ClN5O3/c1-3-13-4-5-14(9-17(13)23)25-22-27-19(26-21(24)28-22)11-30-15-6-7-16-12(2)8-20(29)31-18(16)10-15/h4-10H,3,11H2,1-2H3,(H3,24,25,26,27,28). The third-order valence-electron chi connectivity index (χ3n) is 4.68. The van der Waals surface area contributed by atoms with Gasteiger partial charge in [0.1, 0.15) is 17.9 Å². The van der Waals surface area contributed by atoms with E-state index in [1.54, 1.807) is 18.2 Å². The zero-order chi connectivity index (χ0) is 22.0. The van der Waals surface area contributed by atoms with Gasteiger partial charge in [-0.05, 0) is 48.7 Å². The lowest BCUT2D eigenvalue weighted by atomic mass is 10.1. The molecule has 8 nitrogen and oxygen atoms in total. The largest absolute Gasteiger partial charge is 0.485 e. The van der Waals surface area contributed by atoms with E-state index in [1.807, 2.05) is 32.0 Å². The van der Waals surface area contributed by atoms with Gasteiger partial charge in [-0.25, -0.2) is 4.79 Å². The maximum absolute atomic E-state index is 11.6. The molecule has 158 valence electrons. The maximum atomic E-state index is 11.6. The summed E-state index contributed by atoms with van der Waals surface area (Å²) in [7, 11) is 0. The summed E-state index contributed by atoms with van der Waals surface area (Å²) in [5.74, 6) is 1.20. The summed E-state index contributed by atoms with van der Waals surface area (Å²) in [5.41, 5.74) is 8.50. The van der Waals surface area contributed by atoms with Crippen LogP contribution >= 0.6 is 11.6 Å². The van der Waals surface area contributed by atoms with Crippen LogP contribution in [0, 0.1) is 6.92 Å². The molecule has 9 heteroatoms. The van der Waals surface area contributed by atoms with Crippen molar-refractivity contribution in [3.05, 3.63) is 74.9 Å². The predicted molar refractivity (Wildman–Crippen MR) is 120 cm³/mol. The molecule has 0 aliphatic rings. The van der Waals surface area contributed by atoms with Crippen LogP contribution in [-0.2, 0) is 13.0 Å². The summed E-state index contributed by atoms with van der Waals surface area (Å²) in [4.78, 5) is 24.2. The SMILES string of the molecule is CCc1ccc(Nc2nc(N)nc(COc3ccc4c(C)cc(=O)oc4c3)n2)cc1Cl. The number of hydrogen-bond donors (Lipinski definition) is 2. The highest BCUT2D eigenvalue weighted by Gasteiger charge is 2.09. The minimum Gasteiger partial charge on any atom is -0.485 e. The zero-order valence-electron chi connectivity index (χ0n) is 17.0. The summed E-state index contributed by atoms with van der Waals surface area (Å²) in [6.07, 6.45) is 0.844. The molecule has 0 saturated carbocycles. The summed E-state index contributed by atoms with van der Waals surface area (Å²) in [5, 5.41) is 4.59. The Kier molecular flexibility index (Phi) is 5.73. The molecule has 0 radical (unpaired) electrons. The molecule has 0 aliphatic carbocycles. The van der Waals surface area contributed by atoms with Gasteiger partial charge in [0.2, 0.25) is 11.9 Å². The molecule has 0 atom stereocenters. The average Bonchev–Trinajstić information content (AvgIpc) is 2.71. The van der Waals surface area contributed by atoms with Crippen molar-refractivity contribution in [2.45, 2.75) is 26.9 Å². The van der Waals surface area contributed by atoms with Crippen LogP contribution in [0.5, 0.6) is 5.75 Å². The van der Waals surface area contributed by atoms with E-state index in [9.17, 15) is 4.79 Å². The van der Waals surface area contributed by atoms with E-state index < -0.39 is 5.63 Å². The minimum atomic E-state index is -0.407. The number of rotatable bonds is 6. The maximum Gasteiger partial charge on any atom is 0.336 e. The first-order valence-corrected chi connectivity index (χ1v) is 10.0. The highest BCUT2D eigenvalue weighted by atomic mass is 35.5. The molecule has 0 spiro atoms. The smallest absolute Gasteiger partial charge is 0.336 e. The first-order chi connectivity index (χ1) is 14.9. The molecule has 0 bridgehead atoms. The molecule has 3 N–H and O–H groups in total. The lowest BCUT2D eigenvalue weighted by molar-refractivity contribution is 0.296. The van der Waals surface area contributed by atoms with Gasteiger partial charge < -0.3 is 20.2 Å². The van der Waals surface area contributed by atoms with Crippen LogP contribution in [0.2, 0.25) is 5.02 Å². The number of fused-ring (bicyclic) bond motifs is 1. The highest BCUT2D eigenvalue weighted by Crippen LogP contribution is 2.24. The van der Waals surface area contributed by atoms with Gasteiger partial charge in [0.15, 0.2) is 5.82 Å². The van der Waals surface area contributed by atoms with Gasteiger partial charge in [0, 0.05) is 28.2 Å². The molecule has 31 heavy (non-hydrogen) atoms. The van der Waals surface area contributed by atoms with Crippen LogP contribution in [0.1, 0.15) is 23.9 Å². The number of nitrogens with two attached hydrogens (primary N) is 1. The topological polar surface area (TPSA) is 116 Å². The molecule has 0 aliphatic heterocycles. The van der Waals surface area contributed by atoms with E-state index in [4.69, 9.17) is 26.5 Å². The molecule has 0 saturated heterocycles. The Morgan fingerprint density at radius 1 is 1.13 bits per heavy atom. The fourth-order valence-corrected chi connectivity index (χ4v) is 3.46. The van der Waals surface area contributed by atoms with Gasteiger partial charge in [0.05, 0.1) is 0 Å². The van der Waals surface area contributed by atoms with Crippen LogP contribution in [-0.4, -0.2) is 15.0 Å². The zero-order valence-corrected chi connectivity index (χ0v) is 17.7. The number of benzene rings is 2. The quantitative estimate of drug-likeness (QED) is 0.426. The summed E-state index contributed by atoms with van der Waals surface area (Å²) < 4.78 is 11.0. The van der Waals surface area contributed by atoms with E-state index in [1.165, 1.54) is 6.07 Å². The van der Waals surface area contributed by atoms with Gasteiger partial charge in [-0.3, -0.25) is 0 Å². The number of halogens is 1. The third kappa shape index (κ3) is 4.75. The molecular weight excluding hydrogens is 418 g/mol. The van der Waals surface area contributed by atoms with E-state index in [-0.39, 0.29) is 18.5 Å². The van der Waals surface area contributed by atoms with Gasteiger partial charge in [-0.2, -0.15) is 15.0 Å². The average molecular weight is 438 g/mol. The highest BCUT2D eigenvalue weighted by molar-refractivity contribution is 6.31. The van der Waals surface area contributed by atoms with E-state index in [0.29, 0.717) is 22.2 Å². The van der Waals surface area contributed by atoms with Crippen molar-refractivity contribution in [1.82, 2.24) is 15.0 Å². The molecule has 0 fully saturated rings. The third-order valence-corrected chi connectivity index (χ3v) is 5.03. The lowest BCUT2D eigenvalue weighted by Gasteiger charge is -2.10. The molecule has 0 amide bonds. The molecule has 4 aromatic rings. The predicted octanol–water partition coefficient (Wildman–Crippen LogP) is 4.41. The first kappa shape index (κ1) is 20.6. The Morgan fingerprint density at radius 3 is 2.74 bits per heavy atom. The Hall–Kier alpha value is -3.65. The number of ether oxygens (including phenoxy) is 1. The summed E-state index contributed by atoms with van der Waals surface area (Å²) >= 11 is 6.27. The van der Waals surface area contributed by atoms with Gasteiger partial charge in [0.25, 0.3) is 0 Å². The second-order valence-corrected chi connectivity index (χ2v) is 7.32. The van der Waals surface area contributed by atoms with Crippen LogP contribution in [0.25, 0.3) is 11.0 Å². The van der Waals surface area contributed by atoms with Crippen LogP contribution < -0.4 is 21.4 Å². The summed E-state index contributed by atoms with van der Waals surface area (Å²) in [6.45, 7) is 3.95. The van der Waals surface area contributed by atoms with Crippen molar-refractivity contribution in [2.75, 3.05) is 11.1 Å². The molecule has 2 aromatic heterocycles. The van der Waals surface area contributed by atoms with Crippen molar-refractivity contribution in [1.29, 1.82) is 0 Å². The molecule has 0 unspecified atom stereocenters. The Balaban J connectivity index is 1.52. The van der Waals surface area contributed by atoms with Crippen molar-refractivity contribution in [3.8, 4) is 5.75 Å². The van der Waals surface area contributed by atoms with Crippen molar-refractivity contribution in [2.24, 2.45) is 0 Å². The van der Waals surface area contributed by atoms with Crippen molar-refractivity contribution in [3.63, 3.8) is 0 Å². The fourth-order valence-electron chi connectivity index (χ4n) is 3.14. The number of nitrogen functional groups attached to an aromatic ring is 1. The monoisotopic (exact) mass is 437 g/mol. The van der Waals surface area contributed by atoms with Crippen molar-refractivity contribution < 1.29 is 9.15 Å². The normalized spacial score (nSPS) is 10.9. The summed E-state index contributed by atoms with van der Waals surface area (Å²) in [6, 6.07) is 12.4. The molecular formula is C22H20ClN5O3. The second-order valence-electron chi connectivity index (χ2n) is 6.91. The lowest BCUT2D eigenvalue weighted by Crippen LogP contribution is -2.09. The van der Waals surface area contributed by atoms with Crippen LogP contribution in [0.15, 0.2) is 51.7 Å². The van der Waals surface area contributed by atoms with Crippen LogP contribution in [0.4, 0.5) is 17.6 Å². The molecule has 2 aromatic carbocycles. The minimum absolute atomic E-state index is 0.0541. The van der Waals surface area contributed by atoms with Crippen LogP contribution in [0.3, 0.4) is 0 Å².